The average Bonchev–Trinajstić information content (AvgIpc) is 3.62. The van der Waals surface area contributed by atoms with Crippen LogP contribution in [0.1, 0.15) is 43.5 Å². The Hall–Kier alpha value is -4.24. The van der Waals surface area contributed by atoms with E-state index in [-0.39, 0.29) is 28.1 Å². The standard InChI is InChI=1S/C27H25F3N8O/c1-25(2,13-31)21-10-18(5-8-33-21)38-22-19(23(39)37(38)15-27(28,29)30)12-34-24(36-22)35-17-3-4-20-16(9-17)11-32-14-26(20)6-7-26/h3-5,8-10,12,32H,6-7,11,14-15H2,1-2H3,(H,34,35,36). The molecule has 0 bridgehead atoms. The molecular formula is C27H25F3N8O. The summed E-state index contributed by atoms with van der Waals surface area (Å²) in [7, 11) is 0. The molecule has 1 fully saturated rings. The predicted molar refractivity (Wildman–Crippen MR) is 138 cm³/mol. The Labute approximate surface area is 221 Å². The van der Waals surface area contributed by atoms with Crippen LogP contribution in [0, 0.1) is 11.3 Å². The Bertz CT molecular complexity index is 1710. The van der Waals surface area contributed by atoms with Crippen LogP contribution in [0.2, 0.25) is 0 Å². The predicted octanol–water partition coefficient (Wildman–Crippen LogP) is 4.22. The fourth-order valence-corrected chi connectivity index (χ4v) is 5.21. The lowest BCUT2D eigenvalue weighted by Gasteiger charge is -2.26. The molecule has 39 heavy (non-hydrogen) atoms. The second-order valence-corrected chi connectivity index (χ2v) is 10.7. The second kappa shape index (κ2) is 8.64. The number of fused-ring (bicyclic) bond motifs is 3. The minimum Gasteiger partial charge on any atom is -0.324 e. The summed E-state index contributed by atoms with van der Waals surface area (Å²) in [6, 6.07) is 11.2. The lowest BCUT2D eigenvalue weighted by Crippen LogP contribution is -2.33. The fourth-order valence-electron chi connectivity index (χ4n) is 5.21. The van der Waals surface area contributed by atoms with Crippen LogP contribution in [-0.2, 0) is 23.9 Å². The van der Waals surface area contributed by atoms with Gasteiger partial charge < -0.3 is 10.6 Å². The van der Waals surface area contributed by atoms with Crippen LogP contribution in [-0.4, -0.2) is 37.0 Å². The van der Waals surface area contributed by atoms with Gasteiger partial charge in [0.05, 0.1) is 22.9 Å². The van der Waals surface area contributed by atoms with Gasteiger partial charge in [-0.05, 0) is 62.1 Å². The number of hydrogen-bond acceptors (Lipinski definition) is 7. The van der Waals surface area contributed by atoms with Crippen molar-refractivity contribution in [2.24, 2.45) is 0 Å². The van der Waals surface area contributed by atoms with Gasteiger partial charge in [-0.1, -0.05) is 6.07 Å². The number of anilines is 2. The molecule has 1 spiro atoms. The third kappa shape index (κ3) is 4.42. The van der Waals surface area contributed by atoms with E-state index in [1.54, 1.807) is 13.8 Å². The molecule has 1 aliphatic carbocycles. The average molecular weight is 535 g/mol. The molecule has 3 aromatic heterocycles. The van der Waals surface area contributed by atoms with Gasteiger partial charge in [-0.15, -0.1) is 0 Å². The number of halogens is 3. The molecule has 4 heterocycles. The Balaban J connectivity index is 1.45. The van der Waals surface area contributed by atoms with E-state index >= 15 is 0 Å². The van der Waals surface area contributed by atoms with Crippen LogP contribution in [0.5, 0.6) is 0 Å². The van der Waals surface area contributed by atoms with Crippen molar-refractivity contribution < 1.29 is 13.2 Å². The smallest absolute Gasteiger partial charge is 0.324 e. The van der Waals surface area contributed by atoms with E-state index in [0.717, 1.165) is 36.3 Å². The number of nitrogens with one attached hydrogen (secondary N) is 2. The SMILES string of the molecule is CC(C)(C#N)c1cc(-n2c3nc(Nc4ccc5c(c4)CNCC54CC4)ncc3c(=O)n2CC(F)(F)F)ccn1. The third-order valence-electron chi connectivity index (χ3n) is 7.48. The number of aromatic nitrogens is 5. The van der Waals surface area contributed by atoms with Gasteiger partial charge in [0.1, 0.15) is 11.9 Å². The van der Waals surface area contributed by atoms with Crippen LogP contribution in [0.25, 0.3) is 16.7 Å². The Kier molecular flexibility index (Phi) is 5.55. The summed E-state index contributed by atoms with van der Waals surface area (Å²) in [6.45, 7) is 3.50. The first-order valence-corrected chi connectivity index (χ1v) is 12.5. The number of nitriles is 1. The molecule has 2 N–H and O–H groups in total. The van der Waals surface area contributed by atoms with Crippen molar-refractivity contribution in [2.45, 2.75) is 56.8 Å². The van der Waals surface area contributed by atoms with Gasteiger partial charge in [-0.3, -0.25) is 9.78 Å². The summed E-state index contributed by atoms with van der Waals surface area (Å²) in [5.74, 6) is 0.136. The highest BCUT2D eigenvalue weighted by Gasteiger charge is 2.46. The zero-order valence-electron chi connectivity index (χ0n) is 21.3. The molecule has 1 aromatic carbocycles. The molecular weight excluding hydrogens is 509 g/mol. The molecule has 0 atom stereocenters. The first-order valence-electron chi connectivity index (χ1n) is 12.5. The zero-order chi connectivity index (χ0) is 27.6. The summed E-state index contributed by atoms with van der Waals surface area (Å²) < 4.78 is 42.4. The van der Waals surface area contributed by atoms with E-state index < -0.39 is 23.7 Å². The number of nitrogens with zero attached hydrogens (tertiary/aromatic N) is 6. The van der Waals surface area contributed by atoms with Gasteiger partial charge in [0.25, 0.3) is 5.56 Å². The molecule has 0 radical (unpaired) electrons. The van der Waals surface area contributed by atoms with Crippen molar-refractivity contribution >= 4 is 22.7 Å². The second-order valence-electron chi connectivity index (χ2n) is 10.7. The minimum atomic E-state index is -4.66. The van der Waals surface area contributed by atoms with Gasteiger partial charge in [0, 0.05) is 36.6 Å². The zero-order valence-corrected chi connectivity index (χ0v) is 21.3. The van der Waals surface area contributed by atoms with Gasteiger partial charge in [-0.25, -0.2) is 14.3 Å². The van der Waals surface area contributed by atoms with Gasteiger partial charge in [0.15, 0.2) is 5.65 Å². The largest absolute Gasteiger partial charge is 0.408 e. The summed E-state index contributed by atoms with van der Waals surface area (Å²) in [6.07, 6.45) is 0.286. The van der Waals surface area contributed by atoms with E-state index in [0.29, 0.717) is 10.4 Å². The highest BCUT2D eigenvalue weighted by Crippen LogP contribution is 2.50. The maximum Gasteiger partial charge on any atom is 0.408 e. The van der Waals surface area contributed by atoms with Gasteiger partial charge in [-0.2, -0.15) is 23.4 Å². The monoisotopic (exact) mass is 534 g/mol. The summed E-state index contributed by atoms with van der Waals surface area (Å²) in [5, 5.41) is 16.1. The minimum absolute atomic E-state index is 0.00484. The summed E-state index contributed by atoms with van der Waals surface area (Å²) >= 11 is 0. The number of benzene rings is 1. The number of hydrogen-bond donors (Lipinski definition) is 2. The molecule has 1 saturated carbocycles. The maximum absolute atomic E-state index is 13.6. The van der Waals surface area contributed by atoms with E-state index in [4.69, 9.17) is 0 Å². The molecule has 9 nitrogen and oxygen atoms in total. The Morgan fingerprint density at radius 2 is 1.97 bits per heavy atom. The first-order chi connectivity index (χ1) is 18.5. The molecule has 0 saturated heterocycles. The summed E-state index contributed by atoms with van der Waals surface area (Å²) in [5.41, 5.74) is 2.18. The van der Waals surface area contributed by atoms with Crippen LogP contribution in [0.15, 0.2) is 47.5 Å². The third-order valence-corrected chi connectivity index (χ3v) is 7.48. The number of rotatable bonds is 5. The topological polar surface area (TPSA) is 113 Å². The highest BCUT2D eigenvalue weighted by atomic mass is 19.4. The van der Waals surface area contributed by atoms with Gasteiger partial charge in [0.2, 0.25) is 5.95 Å². The molecule has 200 valence electrons. The molecule has 2 aliphatic rings. The van der Waals surface area contributed by atoms with Crippen molar-refractivity contribution in [3.63, 3.8) is 0 Å². The van der Waals surface area contributed by atoms with E-state index in [2.05, 4.69) is 37.7 Å². The molecule has 0 amide bonds. The Morgan fingerprint density at radius 3 is 2.69 bits per heavy atom. The highest BCUT2D eigenvalue weighted by molar-refractivity contribution is 5.77. The van der Waals surface area contributed by atoms with Crippen molar-refractivity contribution in [1.29, 1.82) is 5.26 Å². The number of pyridine rings is 1. The maximum atomic E-state index is 13.6. The molecule has 0 unspecified atom stereocenters. The van der Waals surface area contributed by atoms with Crippen molar-refractivity contribution in [2.75, 3.05) is 11.9 Å². The lowest BCUT2D eigenvalue weighted by atomic mass is 9.88. The first kappa shape index (κ1) is 25.1. The van der Waals surface area contributed by atoms with Crippen LogP contribution in [0.3, 0.4) is 0 Å². The van der Waals surface area contributed by atoms with Crippen molar-refractivity contribution in [1.82, 2.24) is 29.6 Å². The fraction of sp³-hybridized carbons (Fsp3) is 0.370. The van der Waals surface area contributed by atoms with Crippen molar-refractivity contribution in [3.8, 4) is 11.8 Å². The normalized spacial score (nSPS) is 16.2. The quantitative estimate of drug-likeness (QED) is 0.394. The molecule has 6 rings (SSSR count). The molecule has 1 aliphatic heterocycles. The lowest BCUT2D eigenvalue weighted by molar-refractivity contribution is -0.144. The van der Waals surface area contributed by atoms with E-state index in [9.17, 15) is 23.2 Å². The number of alkyl halides is 3. The Morgan fingerprint density at radius 1 is 1.18 bits per heavy atom. The van der Waals surface area contributed by atoms with E-state index in [1.165, 1.54) is 35.7 Å². The van der Waals surface area contributed by atoms with E-state index in [1.807, 2.05) is 12.1 Å². The van der Waals surface area contributed by atoms with Crippen LogP contribution >= 0.6 is 0 Å². The molecule has 12 heteroatoms. The van der Waals surface area contributed by atoms with Gasteiger partial charge >= 0.3 is 6.18 Å². The van der Waals surface area contributed by atoms with Crippen LogP contribution < -0.4 is 16.2 Å². The van der Waals surface area contributed by atoms with Crippen molar-refractivity contribution in [3.05, 3.63) is 69.9 Å². The van der Waals surface area contributed by atoms with Crippen LogP contribution in [0.4, 0.5) is 24.8 Å². The summed E-state index contributed by atoms with van der Waals surface area (Å²) in [4.78, 5) is 26.0. The molecule has 4 aromatic rings.